The van der Waals surface area contributed by atoms with Crippen LogP contribution in [-0.2, 0) is 14.3 Å². The van der Waals surface area contributed by atoms with Gasteiger partial charge in [0.15, 0.2) is 5.92 Å². The van der Waals surface area contributed by atoms with Crippen molar-refractivity contribution in [1.82, 2.24) is 0 Å². The molecule has 0 fully saturated rings. The third-order valence-electron chi connectivity index (χ3n) is 4.56. The summed E-state index contributed by atoms with van der Waals surface area (Å²) in [5.74, 6) is -2.74. The van der Waals surface area contributed by atoms with Crippen molar-refractivity contribution in [3.8, 4) is 17.2 Å². The highest BCUT2D eigenvalue weighted by Gasteiger charge is 2.46. The molecule has 0 aliphatic carbocycles. The number of rotatable bonds is 5. The summed E-state index contributed by atoms with van der Waals surface area (Å²) < 4.78 is 20.8. The van der Waals surface area contributed by atoms with Gasteiger partial charge in [0.1, 0.15) is 17.2 Å². The van der Waals surface area contributed by atoms with Gasteiger partial charge < -0.3 is 18.9 Å². The number of nitro benzene ring substituents is 1. The number of nitrogens with zero attached hydrogens (tertiary/aromatic N) is 1. The molecule has 2 aromatic carbocycles. The molecule has 0 saturated carbocycles. The number of non-ortho nitro benzene ring substituents is 1. The van der Waals surface area contributed by atoms with Gasteiger partial charge in [-0.1, -0.05) is 12.1 Å². The SMILES string of the molecule is COC(=O)[C@@H]1C(=O)Oc2cc(OC)cc(OC)c2[C@H]1c1ccc([N+](=O)[O-])cc1. The number of fused-ring (bicyclic) bond motifs is 1. The Morgan fingerprint density at radius 1 is 1.11 bits per heavy atom. The molecule has 146 valence electrons. The molecule has 0 unspecified atom stereocenters. The Morgan fingerprint density at radius 2 is 1.79 bits per heavy atom. The van der Waals surface area contributed by atoms with E-state index in [1.807, 2.05) is 0 Å². The Morgan fingerprint density at radius 3 is 2.32 bits per heavy atom. The first kappa shape index (κ1) is 19.2. The van der Waals surface area contributed by atoms with Crippen molar-refractivity contribution in [1.29, 1.82) is 0 Å². The number of methoxy groups -OCH3 is 3. The maximum Gasteiger partial charge on any atom is 0.326 e. The molecule has 2 atom stereocenters. The maximum absolute atomic E-state index is 12.6. The molecule has 9 nitrogen and oxygen atoms in total. The van der Waals surface area contributed by atoms with Crippen molar-refractivity contribution in [3.63, 3.8) is 0 Å². The molecule has 0 amide bonds. The minimum atomic E-state index is -1.29. The van der Waals surface area contributed by atoms with Gasteiger partial charge in [-0.3, -0.25) is 19.7 Å². The van der Waals surface area contributed by atoms with Gasteiger partial charge in [0.2, 0.25) is 0 Å². The van der Waals surface area contributed by atoms with Crippen LogP contribution in [0.25, 0.3) is 0 Å². The molecule has 0 radical (unpaired) electrons. The van der Waals surface area contributed by atoms with E-state index in [0.717, 1.165) is 0 Å². The predicted octanol–water partition coefficient (Wildman–Crippen LogP) is 2.45. The largest absolute Gasteiger partial charge is 0.496 e. The standard InChI is InChI=1S/C19H17NO8/c1-25-12-8-13(26-2)16-14(9-12)28-19(22)17(18(21)27-3)15(16)10-4-6-11(7-5-10)20(23)24/h4-9,15,17H,1-3H3/t15-,17-/m1/s1. The average Bonchev–Trinajstić information content (AvgIpc) is 2.71. The zero-order chi connectivity index (χ0) is 20.4. The fourth-order valence-electron chi connectivity index (χ4n) is 3.25. The highest BCUT2D eigenvalue weighted by Crippen LogP contribution is 2.49. The van der Waals surface area contributed by atoms with Crippen LogP contribution >= 0.6 is 0 Å². The van der Waals surface area contributed by atoms with Gasteiger partial charge in [0.25, 0.3) is 5.69 Å². The van der Waals surface area contributed by atoms with E-state index in [0.29, 0.717) is 22.6 Å². The van der Waals surface area contributed by atoms with Crippen molar-refractivity contribution in [2.24, 2.45) is 5.92 Å². The third kappa shape index (κ3) is 3.22. The van der Waals surface area contributed by atoms with Crippen LogP contribution in [-0.4, -0.2) is 38.2 Å². The second-order valence-electron chi connectivity index (χ2n) is 5.99. The summed E-state index contributed by atoms with van der Waals surface area (Å²) in [5.41, 5.74) is 0.841. The Balaban J connectivity index is 2.24. The molecule has 0 saturated heterocycles. The third-order valence-corrected chi connectivity index (χ3v) is 4.56. The number of carbonyl (C=O) groups is 2. The van der Waals surface area contributed by atoms with E-state index < -0.39 is 28.7 Å². The van der Waals surface area contributed by atoms with Crippen molar-refractivity contribution in [2.45, 2.75) is 5.92 Å². The lowest BCUT2D eigenvalue weighted by atomic mass is 9.78. The summed E-state index contributed by atoms with van der Waals surface area (Å²) in [5, 5.41) is 11.0. The van der Waals surface area contributed by atoms with Crippen molar-refractivity contribution < 1.29 is 33.5 Å². The molecule has 0 N–H and O–H groups in total. The smallest absolute Gasteiger partial charge is 0.326 e. The van der Waals surface area contributed by atoms with Crippen LogP contribution in [0.1, 0.15) is 17.0 Å². The van der Waals surface area contributed by atoms with Gasteiger partial charge in [-0.05, 0) is 5.56 Å². The molecule has 28 heavy (non-hydrogen) atoms. The topological polar surface area (TPSA) is 114 Å². The first-order chi connectivity index (χ1) is 13.4. The lowest BCUT2D eigenvalue weighted by Crippen LogP contribution is -2.38. The van der Waals surface area contributed by atoms with Gasteiger partial charge in [0, 0.05) is 35.7 Å². The molecule has 1 heterocycles. The average molecular weight is 387 g/mol. The zero-order valence-electron chi connectivity index (χ0n) is 15.3. The van der Waals surface area contributed by atoms with Gasteiger partial charge in [0.05, 0.1) is 26.3 Å². The first-order valence-electron chi connectivity index (χ1n) is 8.21. The van der Waals surface area contributed by atoms with Crippen molar-refractivity contribution in [2.75, 3.05) is 21.3 Å². The monoisotopic (exact) mass is 387 g/mol. The summed E-state index contributed by atoms with van der Waals surface area (Å²) in [7, 11) is 4.06. The Bertz CT molecular complexity index is 938. The van der Waals surface area contributed by atoms with Crippen LogP contribution in [0.5, 0.6) is 17.2 Å². The number of benzene rings is 2. The molecule has 0 spiro atoms. The highest BCUT2D eigenvalue weighted by molar-refractivity contribution is 5.99. The van der Waals surface area contributed by atoms with Crippen LogP contribution in [0.15, 0.2) is 36.4 Å². The number of ether oxygens (including phenoxy) is 4. The molecule has 0 aromatic heterocycles. The second kappa shape index (κ2) is 7.55. The summed E-state index contributed by atoms with van der Waals surface area (Å²) in [6.45, 7) is 0. The second-order valence-corrected chi connectivity index (χ2v) is 5.99. The van der Waals surface area contributed by atoms with E-state index in [4.69, 9.17) is 18.9 Å². The minimum absolute atomic E-state index is 0.112. The summed E-state index contributed by atoms with van der Waals surface area (Å²) >= 11 is 0. The molecular formula is C19H17NO8. The number of esters is 2. The quantitative estimate of drug-likeness (QED) is 0.253. The minimum Gasteiger partial charge on any atom is -0.496 e. The normalized spacial score (nSPS) is 17.9. The molecular weight excluding hydrogens is 370 g/mol. The summed E-state index contributed by atoms with van der Waals surface area (Å²) in [4.78, 5) is 35.4. The van der Waals surface area contributed by atoms with E-state index in [1.54, 1.807) is 6.07 Å². The molecule has 9 heteroatoms. The van der Waals surface area contributed by atoms with Crippen LogP contribution in [0.4, 0.5) is 5.69 Å². The van der Waals surface area contributed by atoms with Gasteiger partial charge in [-0.25, -0.2) is 0 Å². The van der Waals surface area contributed by atoms with Crippen molar-refractivity contribution in [3.05, 3.63) is 57.6 Å². The van der Waals surface area contributed by atoms with E-state index in [-0.39, 0.29) is 11.4 Å². The molecule has 1 aliphatic heterocycles. The lowest BCUT2D eigenvalue weighted by Gasteiger charge is -2.32. The van der Waals surface area contributed by atoms with E-state index in [1.165, 1.54) is 51.7 Å². The molecule has 1 aliphatic rings. The predicted molar refractivity (Wildman–Crippen MR) is 95.6 cm³/mol. The van der Waals surface area contributed by atoms with Gasteiger partial charge >= 0.3 is 11.9 Å². The van der Waals surface area contributed by atoms with Crippen LogP contribution in [0, 0.1) is 16.0 Å². The summed E-state index contributed by atoms with van der Waals surface area (Å²) in [6.07, 6.45) is 0. The van der Waals surface area contributed by atoms with E-state index in [9.17, 15) is 19.7 Å². The van der Waals surface area contributed by atoms with Crippen molar-refractivity contribution >= 4 is 17.6 Å². The number of hydrogen-bond acceptors (Lipinski definition) is 8. The van der Waals surface area contributed by atoms with Crippen LogP contribution in [0.2, 0.25) is 0 Å². The number of nitro groups is 1. The highest BCUT2D eigenvalue weighted by atomic mass is 16.6. The zero-order valence-corrected chi connectivity index (χ0v) is 15.3. The fourth-order valence-corrected chi connectivity index (χ4v) is 3.25. The van der Waals surface area contributed by atoms with Gasteiger partial charge in [-0.15, -0.1) is 0 Å². The molecule has 3 rings (SSSR count). The Hall–Kier alpha value is -3.62. The Kier molecular flexibility index (Phi) is 5.16. The van der Waals surface area contributed by atoms with E-state index >= 15 is 0 Å². The van der Waals surface area contributed by atoms with Crippen LogP contribution in [0.3, 0.4) is 0 Å². The fraction of sp³-hybridized carbons (Fsp3) is 0.263. The van der Waals surface area contributed by atoms with Crippen LogP contribution < -0.4 is 14.2 Å². The van der Waals surface area contributed by atoms with Gasteiger partial charge in [-0.2, -0.15) is 0 Å². The summed E-state index contributed by atoms with van der Waals surface area (Å²) in [6, 6.07) is 8.71. The Labute approximate surface area is 159 Å². The molecule has 0 bridgehead atoms. The van der Waals surface area contributed by atoms with E-state index in [2.05, 4.69) is 0 Å². The molecule has 2 aromatic rings. The number of hydrogen-bond donors (Lipinski definition) is 0. The maximum atomic E-state index is 12.6. The number of carbonyl (C=O) groups excluding carboxylic acids is 2. The lowest BCUT2D eigenvalue weighted by molar-refractivity contribution is -0.384. The first-order valence-corrected chi connectivity index (χ1v) is 8.21.